The number of benzene rings is 2. The Kier molecular flexibility index (Phi) is 3.13. The molecule has 0 aliphatic carbocycles. The van der Waals surface area contributed by atoms with Crippen LogP contribution in [0.4, 0.5) is 13.2 Å². The average molecular weight is 284 g/mol. The molecule has 2 aromatic carbocycles. The molecule has 0 aliphatic heterocycles. The molecule has 0 unspecified atom stereocenters. The van der Waals surface area contributed by atoms with E-state index in [2.05, 4.69) is 0 Å². The highest BCUT2D eigenvalue weighted by atomic mass is 19.4. The lowest BCUT2D eigenvalue weighted by atomic mass is 9.97. The molecule has 0 spiro atoms. The smallest absolute Gasteiger partial charge is 0.416 e. The van der Waals surface area contributed by atoms with E-state index < -0.39 is 34.8 Å². The van der Waals surface area contributed by atoms with Gasteiger partial charge in [0.15, 0.2) is 0 Å². The van der Waals surface area contributed by atoms with Crippen LogP contribution in [-0.4, -0.2) is 22.2 Å². The van der Waals surface area contributed by atoms with Gasteiger partial charge in [-0.1, -0.05) is 12.1 Å². The van der Waals surface area contributed by atoms with Gasteiger partial charge < -0.3 is 10.2 Å². The van der Waals surface area contributed by atoms with Gasteiger partial charge in [-0.05, 0) is 29.0 Å². The standard InChI is InChI=1S/C13H7F3O4/c14-13(15,16)7-2-4-8-6(5-7)1-3-9(11(17)18)10(8)12(19)20/h1-5H,(H,17,18)(H,19,20). The molecule has 2 N–H and O–H groups in total. The van der Waals surface area contributed by atoms with E-state index in [1.165, 1.54) is 0 Å². The molecule has 0 bridgehead atoms. The second-order valence-corrected chi connectivity index (χ2v) is 4.03. The van der Waals surface area contributed by atoms with Crippen molar-refractivity contribution in [3.63, 3.8) is 0 Å². The monoisotopic (exact) mass is 284 g/mol. The first-order valence-electron chi connectivity index (χ1n) is 5.32. The summed E-state index contributed by atoms with van der Waals surface area (Å²) in [6.45, 7) is 0. The Morgan fingerprint density at radius 1 is 0.950 bits per heavy atom. The number of alkyl halides is 3. The van der Waals surface area contributed by atoms with Crippen LogP contribution < -0.4 is 0 Å². The normalized spacial score (nSPS) is 11.6. The third kappa shape index (κ3) is 2.29. The zero-order chi connectivity index (χ0) is 15.1. The molecule has 0 aliphatic rings. The summed E-state index contributed by atoms with van der Waals surface area (Å²) in [5.74, 6) is -2.96. The Balaban J connectivity index is 2.80. The van der Waals surface area contributed by atoms with Crippen molar-refractivity contribution in [2.24, 2.45) is 0 Å². The maximum absolute atomic E-state index is 12.6. The van der Waals surface area contributed by atoms with Crippen LogP contribution in [0.15, 0.2) is 30.3 Å². The second-order valence-electron chi connectivity index (χ2n) is 4.03. The first kappa shape index (κ1) is 13.9. The highest BCUT2D eigenvalue weighted by Crippen LogP contribution is 2.33. The van der Waals surface area contributed by atoms with Gasteiger partial charge in [-0.3, -0.25) is 0 Å². The second kappa shape index (κ2) is 4.52. The lowest BCUT2D eigenvalue weighted by Crippen LogP contribution is -2.09. The number of fused-ring (bicyclic) bond motifs is 1. The lowest BCUT2D eigenvalue weighted by molar-refractivity contribution is -0.137. The van der Waals surface area contributed by atoms with Crippen molar-refractivity contribution in [3.8, 4) is 0 Å². The molecule has 20 heavy (non-hydrogen) atoms. The summed E-state index contributed by atoms with van der Waals surface area (Å²) >= 11 is 0. The van der Waals surface area contributed by atoms with E-state index in [0.717, 1.165) is 30.3 Å². The van der Waals surface area contributed by atoms with Gasteiger partial charge in [0, 0.05) is 0 Å². The summed E-state index contributed by atoms with van der Waals surface area (Å²) in [5.41, 5.74) is -1.92. The third-order valence-corrected chi connectivity index (χ3v) is 2.79. The van der Waals surface area contributed by atoms with Gasteiger partial charge in [0.05, 0.1) is 16.7 Å². The fourth-order valence-corrected chi connectivity index (χ4v) is 1.91. The minimum Gasteiger partial charge on any atom is -0.478 e. The van der Waals surface area contributed by atoms with Crippen LogP contribution in [0.2, 0.25) is 0 Å². The van der Waals surface area contributed by atoms with E-state index in [4.69, 9.17) is 10.2 Å². The number of carbonyl (C=O) groups is 2. The van der Waals surface area contributed by atoms with Crippen LogP contribution in [0, 0.1) is 0 Å². The summed E-state index contributed by atoms with van der Waals surface area (Å²) in [5, 5.41) is 17.9. The Morgan fingerprint density at radius 2 is 1.60 bits per heavy atom. The van der Waals surface area contributed by atoms with E-state index in [1.807, 2.05) is 0 Å². The van der Waals surface area contributed by atoms with Crippen LogP contribution in [0.5, 0.6) is 0 Å². The molecule has 0 saturated heterocycles. The Hall–Kier alpha value is -2.57. The quantitative estimate of drug-likeness (QED) is 0.887. The minimum absolute atomic E-state index is 0.0159. The number of hydrogen-bond acceptors (Lipinski definition) is 2. The van der Waals surface area contributed by atoms with Crippen molar-refractivity contribution >= 4 is 22.7 Å². The first-order valence-corrected chi connectivity index (χ1v) is 5.32. The van der Waals surface area contributed by atoms with Gasteiger partial charge in [-0.25, -0.2) is 9.59 Å². The average Bonchev–Trinajstić information content (AvgIpc) is 2.35. The number of hydrogen-bond donors (Lipinski definition) is 2. The molecule has 0 amide bonds. The van der Waals surface area contributed by atoms with Crippen molar-refractivity contribution in [1.29, 1.82) is 0 Å². The van der Waals surface area contributed by atoms with E-state index in [1.54, 1.807) is 0 Å². The number of carboxylic acid groups (broad SMARTS) is 2. The number of rotatable bonds is 2. The number of carboxylic acids is 2. The van der Waals surface area contributed by atoms with E-state index in [9.17, 15) is 22.8 Å². The van der Waals surface area contributed by atoms with Crippen molar-refractivity contribution < 1.29 is 33.0 Å². The summed E-state index contributed by atoms with van der Waals surface area (Å²) in [6.07, 6.45) is -4.55. The minimum atomic E-state index is -4.55. The summed E-state index contributed by atoms with van der Waals surface area (Å²) in [4.78, 5) is 22.1. The van der Waals surface area contributed by atoms with Crippen molar-refractivity contribution in [2.45, 2.75) is 6.18 Å². The van der Waals surface area contributed by atoms with Crippen LogP contribution in [0.25, 0.3) is 10.8 Å². The highest BCUT2D eigenvalue weighted by molar-refractivity contribution is 6.11. The molecule has 4 nitrogen and oxygen atoms in total. The van der Waals surface area contributed by atoms with E-state index in [-0.39, 0.29) is 10.8 Å². The highest BCUT2D eigenvalue weighted by Gasteiger charge is 2.31. The van der Waals surface area contributed by atoms with Gasteiger partial charge in [0.1, 0.15) is 0 Å². The maximum atomic E-state index is 12.6. The summed E-state index contributed by atoms with van der Waals surface area (Å²) in [6, 6.07) is 4.61. The SMILES string of the molecule is O=C(O)c1ccc2cc(C(F)(F)F)ccc2c1C(=O)O. The molecule has 2 rings (SSSR count). The van der Waals surface area contributed by atoms with Crippen molar-refractivity contribution in [1.82, 2.24) is 0 Å². The topological polar surface area (TPSA) is 74.6 Å². The van der Waals surface area contributed by atoms with Crippen LogP contribution in [0.3, 0.4) is 0 Å². The van der Waals surface area contributed by atoms with E-state index >= 15 is 0 Å². The largest absolute Gasteiger partial charge is 0.478 e. The molecule has 0 fully saturated rings. The number of aromatic carboxylic acids is 2. The molecule has 2 aromatic rings. The van der Waals surface area contributed by atoms with Crippen molar-refractivity contribution in [3.05, 3.63) is 47.0 Å². The Bertz CT molecular complexity index is 719. The van der Waals surface area contributed by atoms with Crippen LogP contribution in [0.1, 0.15) is 26.3 Å². The zero-order valence-corrected chi connectivity index (χ0v) is 9.73. The molecule has 0 atom stereocenters. The molecule has 0 saturated carbocycles. The van der Waals surface area contributed by atoms with Crippen LogP contribution in [-0.2, 0) is 6.18 Å². The number of halogens is 3. The van der Waals surface area contributed by atoms with Crippen molar-refractivity contribution in [2.75, 3.05) is 0 Å². The summed E-state index contributed by atoms with van der Waals surface area (Å²) < 4.78 is 37.7. The molecular formula is C13H7F3O4. The predicted octanol–water partition coefficient (Wildman–Crippen LogP) is 3.26. The first-order chi connectivity index (χ1) is 9.21. The van der Waals surface area contributed by atoms with Gasteiger partial charge >= 0.3 is 18.1 Å². The van der Waals surface area contributed by atoms with Gasteiger partial charge in [-0.2, -0.15) is 13.2 Å². The molecular weight excluding hydrogens is 277 g/mol. The molecule has 104 valence electrons. The molecule has 0 radical (unpaired) electrons. The molecule has 7 heteroatoms. The van der Waals surface area contributed by atoms with Gasteiger partial charge in [-0.15, -0.1) is 0 Å². The van der Waals surface area contributed by atoms with Gasteiger partial charge in [0.25, 0.3) is 0 Å². The van der Waals surface area contributed by atoms with E-state index in [0.29, 0.717) is 0 Å². The Morgan fingerprint density at radius 3 is 2.10 bits per heavy atom. The van der Waals surface area contributed by atoms with Gasteiger partial charge in [0.2, 0.25) is 0 Å². The third-order valence-electron chi connectivity index (χ3n) is 2.79. The van der Waals surface area contributed by atoms with Crippen LogP contribution >= 0.6 is 0 Å². The Labute approximate surface area is 110 Å². The molecule has 0 heterocycles. The fraction of sp³-hybridized carbons (Fsp3) is 0.0769. The fourth-order valence-electron chi connectivity index (χ4n) is 1.91. The summed E-state index contributed by atoms with van der Waals surface area (Å²) in [7, 11) is 0. The zero-order valence-electron chi connectivity index (χ0n) is 9.73. The predicted molar refractivity (Wildman–Crippen MR) is 62.9 cm³/mol. The maximum Gasteiger partial charge on any atom is 0.416 e. The molecule has 0 aromatic heterocycles. The lowest BCUT2D eigenvalue weighted by Gasteiger charge is -2.10.